The van der Waals surface area contributed by atoms with Gasteiger partial charge in [0.1, 0.15) is 0 Å². The fourth-order valence-electron chi connectivity index (χ4n) is 1.77. The molecule has 2 N–H and O–H groups in total. The van der Waals surface area contributed by atoms with E-state index in [0.717, 1.165) is 19.3 Å². The molecule has 0 amide bonds. The predicted octanol–water partition coefficient (Wildman–Crippen LogP) is 4.77. The van der Waals surface area contributed by atoms with Crippen LogP contribution in [0.25, 0.3) is 0 Å². The maximum atomic E-state index is 10.1. The number of hydrogen-bond acceptors (Lipinski definition) is 2. The Bertz CT molecular complexity index is 165. The fourth-order valence-corrected chi connectivity index (χ4v) is 1.77. The van der Waals surface area contributed by atoms with E-state index in [1.54, 1.807) is 0 Å². The lowest BCUT2D eigenvalue weighted by molar-refractivity contribution is -0.137. The van der Waals surface area contributed by atoms with Crippen molar-refractivity contribution in [3.63, 3.8) is 0 Å². The Balaban J connectivity index is 0. The van der Waals surface area contributed by atoms with Gasteiger partial charge in [0, 0.05) is 13.0 Å². The van der Waals surface area contributed by atoms with Gasteiger partial charge in [0.2, 0.25) is 0 Å². The molecule has 3 heteroatoms. The highest BCUT2D eigenvalue weighted by Gasteiger charge is 1.95. The Morgan fingerprint density at radius 2 is 1.16 bits per heavy atom. The lowest BCUT2D eigenvalue weighted by Crippen LogP contribution is -1.93. The highest BCUT2D eigenvalue weighted by molar-refractivity contribution is 5.66. The maximum absolute atomic E-state index is 10.1. The molecule has 0 saturated carbocycles. The van der Waals surface area contributed by atoms with Crippen molar-refractivity contribution in [2.24, 2.45) is 0 Å². The van der Waals surface area contributed by atoms with Crippen LogP contribution in [0.1, 0.15) is 90.9 Å². The van der Waals surface area contributed by atoms with Crippen molar-refractivity contribution in [1.29, 1.82) is 0 Å². The summed E-state index contributed by atoms with van der Waals surface area (Å²) in [5, 5.41) is 16.6. The van der Waals surface area contributed by atoms with Crippen molar-refractivity contribution in [2.45, 2.75) is 90.9 Å². The standard InChI is InChI=1S/C10H20O2.C6H14O/c1-2-3-4-5-6-7-8-9-10(11)12;1-2-3-4-5-6-7/h2-9H2,1H3,(H,11,12);7H,2-6H2,1H3. The number of unbranched alkanes of at least 4 members (excludes halogenated alkanes) is 9. The molecule has 0 radical (unpaired) electrons. The molecule has 0 heterocycles. The van der Waals surface area contributed by atoms with Gasteiger partial charge >= 0.3 is 5.97 Å². The quantitative estimate of drug-likeness (QED) is 0.504. The van der Waals surface area contributed by atoms with Crippen LogP contribution in [0.5, 0.6) is 0 Å². The largest absolute Gasteiger partial charge is 0.481 e. The van der Waals surface area contributed by atoms with Gasteiger partial charge in [0.15, 0.2) is 0 Å². The van der Waals surface area contributed by atoms with Gasteiger partial charge in [-0.15, -0.1) is 0 Å². The summed E-state index contributed by atoms with van der Waals surface area (Å²) in [4.78, 5) is 10.1. The predicted molar refractivity (Wildman–Crippen MR) is 81.5 cm³/mol. The third-order valence-electron chi connectivity index (χ3n) is 3.01. The number of aliphatic hydroxyl groups is 1. The molecule has 19 heavy (non-hydrogen) atoms. The molecular formula is C16H34O3. The van der Waals surface area contributed by atoms with Crippen molar-refractivity contribution >= 4 is 5.97 Å². The first-order valence-corrected chi connectivity index (χ1v) is 8.01. The number of hydrogen-bond donors (Lipinski definition) is 2. The molecule has 0 aromatic carbocycles. The number of carbonyl (C=O) groups is 1. The van der Waals surface area contributed by atoms with Gasteiger partial charge in [-0.25, -0.2) is 0 Å². The zero-order chi connectivity index (χ0) is 14.8. The lowest BCUT2D eigenvalue weighted by atomic mass is 10.1. The number of aliphatic hydroxyl groups excluding tert-OH is 1. The van der Waals surface area contributed by atoms with Crippen LogP contribution in [0, 0.1) is 0 Å². The van der Waals surface area contributed by atoms with E-state index in [4.69, 9.17) is 10.2 Å². The summed E-state index contributed by atoms with van der Waals surface area (Å²) in [7, 11) is 0. The van der Waals surface area contributed by atoms with Crippen LogP contribution >= 0.6 is 0 Å². The topological polar surface area (TPSA) is 57.5 Å². The first kappa shape index (κ1) is 20.7. The molecule has 0 unspecified atom stereocenters. The Morgan fingerprint density at radius 3 is 1.58 bits per heavy atom. The lowest BCUT2D eigenvalue weighted by Gasteiger charge is -1.98. The van der Waals surface area contributed by atoms with Crippen LogP contribution in [0.15, 0.2) is 0 Å². The second-order valence-electron chi connectivity index (χ2n) is 5.05. The molecule has 0 fully saturated rings. The molecule has 116 valence electrons. The third-order valence-corrected chi connectivity index (χ3v) is 3.01. The van der Waals surface area contributed by atoms with E-state index in [0.29, 0.717) is 13.0 Å². The highest BCUT2D eigenvalue weighted by Crippen LogP contribution is 2.07. The molecule has 0 bridgehead atoms. The van der Waals surface area contributed by atoms with Gasteiger partial charge in [-0.2, -0.15) is 0 Å². The zero-order valence-electron chi connectivity index (χ0n) is 13.0. The summed E-state index contributed by atoms with van der Waals surface area (Å²) in [5.41, 5.74) is 0. The Labute approximate surface area is 119 Å². The summed E-state index contributed by atoms with van der Waals surface area (Å²) in [6, 6.07) is 0. The van der Waals surface area contributed by atoms with Crippen LogP contribution in [-0.4, -0.2) is 22.8 Å². The first-order valence-electron chi connectivity index (χ1n) is 8.01. The normalized spacial score (nSPS) is 9.84. The van der Waals surface area contributed by atoms with E-state index in [9.17, 15) is 4.79 Å². The SMILES string of the molecule is CCCCCCCCCC(=O)O.CCCCCCO. The van der Waals surface area contributed by atoms with Gasteiger partial charge in [-0.1, -0.05) is 71.6 Å². The van der Waals surface area contributed by atoms with Crippen LogP contribution in [0.3, 0.4) is 0 Å². The second-order valence-corrected chi connectivity index (χ2v) is 5.05. The maximum Gasteiger partial charge on any atom is 0.303 e. The average Bonchev–Trinajstić information content (AvgIpc) is 2.39. The van der Waals surface area contributed by atoms with Crippen LogP contribution in [-0.2, 0) is 4.79 Å². The summed E-state index contributed by atoms with van der Waals surface area (Å²) >= 11 is 0. The highest BCUT2D eigenvalue weighted by atomic mass is 16.4. The molecule has 0 aliphatic rings. The van der Waals surface area contributed by atoms with E-state index < -0.39 is 5.97 Å². The molecule has 0 aliphatic carbocycles. The second kappa shape index (κ2) is 19.8. The van der Waals surface area contributed by atoms with E-state index in [2.05, 4.69) is 13.8 Å². The van der Waals surface area contributed by atoms with E-state index in [1.807, 2.05) is 0 Å². The molecule has 0 atom stereocenters. The van der Waals surface area contributed by atoms with Gasteiger partial charge in [0.25, 0.3) is 0 Å². The molecule has 0 aromatic heterocycles. The zero-order valence-corrected chi connectivity index (χ0v) is 13.0. The van der Waals surface area contributed by atoms with Crippen molar-refractivity contribution < 1.29 is 15.0 Å². The van der Waals surface area contributed by atoms with E-state index in [-0.39, 0.29) is 0 Å². The van der Waals surface area contributed by atoms with E-state index in [1.165, 1.54) is 51.4 Å². The monoisotopic (exact) mass is 274 g/mol. The van der Waals surface area contributed by atoms with Crippen molar-refractivity contribution in [3.05, 3.63) is 0 Å². The smallest absolute Gasteiger partial charge is 0.303 e. The molecule has 0 saturated heterocycles. The van der Waals surface area contributed by atoms with Crippen molar-refractivity contribution in [3.8, 4) is 0 Å². The molecule has 3 nitrogen and oxygen atoms in total. The Kier molecular flexibility index (Phi) is 21.6. The minimum absolute atomic E-state index is 0.341. The third kappa shape index (κ3) is 26.9. The van der Waals surface area contributed by atoms with E-state index >= 15 is 0 Å². The average molecular weight is 274 g/mol. The molecule has 0 rings (SSSR count). The minimum atomic E-state index is -0.663. The Hall–Kier alpha value is -0.570. The number of carboxylic acid groups (broad SMARTS) is 1. The van der Waals surface area contributed by atoms with Gasteiger partial charge in [-0.3, -0.25) is 4.79 Å². The number of carboxylic acids is 1. The fraction of sp³-hybridized carbons (Fsp3) is 0.938. The molecular weight excluding hydrogens is 240 g/mol. The number of aliphatic carboxylic acids is 1. The summed E-state index contributed by atoms with van der Waals surface area (Å²) in [5.74, 6) is -0.663. The Morgan fingerprint density at radius 1 is 0.737 bits per heavy atom. The van der Waals surface area contributed by atoms with Gasteiger partial charge < -0.3 is 10.2 Å². The minimum Gasteiger partial charge on any atom is -0.481 e. The van der Waals surface area contributed by atoms with Crippen LogP contribution in [0.2, 0.25) is 0 Å². The summed E-state index contributed by atoms with van der Waals surface area (Å²) in [6.45, 7) is 4.72. The van der Waals surface area contributed by atoms with Crippen molar-refractivity contribution in [2.75, 3.05) is 6.61 Å². The van der Waals surface area contributed by atoms with Gasteiger partial charge in [0.05, 0.1) is 0 Å². The van der Waals surface area contributed by atoms with Crippen LogP contribution in [0.4, 0.5) is 0 Å². The molecule has 0 aromatic rings. The first-order chi connectivity index (χ1) is 9.18. The summed E-state index contributed by atoms with van der Waals surface area (Å²) < 4.78 is 0. The van der Waals surface area contributed by atoms with Crippen molar-refractivity contribution in [1.82, 2.24) is 0 Å². The molecule has 0 aliphatic heterocycles. The summed E-state index contributed by atoms with van der Waals surface area (Å²) in [6.07, 6.45) is 13.3. The molecule has 0 spiro atoms. The number of rotatable bonds is 12. The van der Waals surface area contributed by atoms with Gasteiger partial charge in [-0.05, 0) is 12.8 Å². The van der Waals surface area contributed by atoms with Crippen LogP contribution < -0.4 is 0 Å².